The van der Waals surface area contributed by atoms with Crippen molar-refractivity contribution in [3.8, 4) is 0 Å². The Morgan fingerprint density at radius 1 is 0.793 bits per heavy atom. The number of aryl methyl sites for hydroxylation is 1. The number of amides is 2. The summed E-state index contributed by atoms with van der Waals surface area (Å²) in [5, 5.41) is 0. The van der Waals surface area contributed by atoms with Gasteiger partial charge in [-0.3, -0.25) is 9.59 Å². The zero-order valence-corrected chi connectivity index (χ0v) is 16.1. The van der Waals surface area contributed by atoms with E-state index >= 15 is 0 Å². The number of imide groups is 1. The Morgan fingerprint density at radius 3 is 2.07 bits per heavy atom. The maximum atomic E-state index is 13.5. The van der Waals surface area contributed by atoms with E-state index in [4.69, 9.17) is 0 Å². The summed E-state index contributed by atoms with van der Waals surface area (Å²) in [7, 11) is 1.75. The van der Waals surface area contributed by atoms with Gasteiger partial charge in [-0.2, -0.15) is 0 Å². The largest absolute Gasteiger partial charge is 0.339 e. The van der Waals surface area contributed by atoms with Crippen LogP contribution >= 0.6 is 0 Å². The van der Waals surface area contributed by atoms with Crippen LogP contribution in [0, 0.1) is 12.7 Å². The van der Waals surface area contributed by atoms with Crippen LogP contribution in [0.1, 0.15) is 11.1 Å². The van der Waals surface area contributed by atoms with Crippen LogP contribution in [-0.2, 0) is 9.59 Å². The van der Waals surface area contributed by atoms with E-state index in [1.165, 1.54) is 29.2 Å². The molecule has 4 nitrogen and oxygen atoms in total. The second-order valence-corrected chi connectivity index (χ2v) is 6.86. The van der Waals surface area contributed by atoms with E-state index in [-0.39, 0.29) is 11.3 Å². The highest BCUT2D eigenvalue weighted by molar-refractivity contribution is 6.46. The average Bonchev–Trinajstić information content (AvgIpc) is 2.99. The summed E-state index contributed by atoms with van der Waals surface area (Å²) in [4.78, 5) is 29.8. The monoisotopic (exact) mass is 386 g/mol. The maximum Gasteiger partial charge on any atom is 0.282 e. The topological polar surface area (TPSA) is 40.6 Å². The predicted octanol–water partition coefficient (Wildman–Crippen LogP) is 4.56. The van der Waals surface area contributed by atoms with Crippen LogP contribution in [0.2, 0.25) is 0 Å². The molecule has 2 amide bonds. The number of carbonyl (C=O) groups excluding carboxylic acids is 2. The molecule has 3 aromatic carbocycles. The summed E-state index contributed by atoms with van der Waals surface area (Å²) < 4.78 is 13.5. The van der Waals surface area contributed by atoms with Crippen molar-refractivity contribution in [1.29, 1.82) is 0 Å². The van der Waals surface area contributed by atoms with E-state index in [1.807, 2.05) is 49.4 Å². The first-order valence-electron chi connectivity index (χ1n) is 9.22. The van der Waals surface area contributed by atoms with E-state index in [2.05, 4.69) is 0 Å². The molecule has 0 fully saturated rings. The Hall–Kier alpha value is -3.73. The Bertz CT molecular complexity index is 1120. The third-order valence-corrected chi connectivity index (χ3v) is 5.03. The summed E-state index contributed by atoms with van der Waals surface area (Å²) >= 11 is 0. The van der Waals surface area contributed by atoms with Crippen LogP contribution in [0.15, 0.2) is 84.6 Å². The third-order valence-electron chi connectivity index (χ3n) is 5.03. The molecule has 29 heavy (non-hydrogen) atoms. The van der Waals surface area contributed by atoms with Crippen LogP contribution in [0.4, 0.5) is 15.8 Å². The Labute approximate surface area is 168 Å². The van der Waals surface area contributed by atoms with Crippen LogP contribution in [0.25, 0.3) is 5.57 Å². The molecule has 0 aromatic heterocycles. The van der Waals surface area contributed by atoms with E-state index in [0.717, 1.165) is 11.3 Å². The predicted molar refractivity (Wildman–Crippen MR) is 112 cm³/mol. The molecule has 4 rings (SSSR count). The summed E-state index contributed by atoms with van der Waals surface area (Å²) in [5.41, 5.74) is 3.14. The van der Waals surface area contributed by atoms with Crippen molar-refractivity contribution in [1.82, 2.24) is 0 Å². The highest BCUT2D eigenvalue weighted by Crippen LogP contribution is 2.37. The molecule has 0 saturated carbocycles. The van der Waals surface area contributed by atoms with Gasteiger partial charge in [0.15, 0.2) is 0 Å². The van der Waals surface area contributed by atoms with Gasteiger partial charge in [-0.1, -0.05) is 48.5 Å². The molecule has 0 radical (unpaired) electrons. The summed E-state index contributed by atoms with van der Waals surface area (Å²) in [5.74, 6) is -1.23. The lowest BCUT2D eigenvalue weighted by Crippen LogP contribution is -2.34. The Morgan fingerprint density at radius 2 is 1.41 bits per heavy atom. The van der Waals surface area contributed by atoms with Crippen LogP contribution in [-0.4, -0.2) is 18.9 Å². The number of hydrogen-bond donors (Lipinski definition) is 0. The van der Waals surface area contributed by atoms with Gasteiger partial charge in [0.25, 0.3) is 11.8 Å². The van der Waals surface area contributed by atoms with E-state index < -0.39 is 17.6 Å². The molecular weight excluding hydrogens is 367 g/mol. The zero-order valence-electron chi connectivity index (χ0n) is 16.1. The molecule has 0 saturated heterocycles. The van der Waals surface area contributed by atoms with Crippen molar-refractivity contribution in [2.24, 2.45) is 0 Å². The van der Waals surface area contributed by atoms with Crippen molar-refractivity contribution in [3.63, 3.8) is 0 Å². The fourth-order valence-corrected chi connectivity index (χ4v) is 3.52. The highest BCUT2D eigenvalue weighted by atomic mass is 19.1. The standard InChI is InChI=1S/C24H19FN2O2/c1-16-8-6-7-11-20(16)27-23(28)21(17-12-14-18(25)15-13-17)22(24(27)29)26(2)19-9-4-3-5-10-19/h3-15H,1-2H3. The third kappa shape index (κ3) is 3.21. The lowest BCUT2D eigenvalue weighted by molar-refractivity contribution is -0.120. The smallest absolute Gasteiger partial charge is 0.282 e. The molecule has 0 spiro atoms. The first-order chi connectivity index (χ1) is 14.0. The number of likely N-dealkylation sites (N-methyl/N-ethyl adjacent to an activating group) is 1. The average molecular weight is 386 g/mol. The number of rotatable bonds is 4. The maximum absolute atomic E-state index is 13.5. The fraction of sp³-hybridized carbons (Fsp3) is 0.0833. The molecule has 5 heteroatoms. The minimum Gasteiger partial charge on any atom is -0.339 e. The molecule has 1 aliphatic rings. The number of carbonyl (C=O) groups is 2. The van der Waals surface area contributed by atoms with Gasteiger partial charge in [0.1, 0.15) is 11.5 Å². The second-order valence-electron chi connectivity index (χ2n) is 6.86. The molecule has 3 aromatic rings. The van der Waals surface area contributed by atoms with Gasteiger partial charge >= 0.3 is 0 Å². The molecule has 1 aliphatic heterocycles. The van der Waals surface area contributed by atoms with Crippen molar-refractivity contribution in [2.75, 3.05) is 16.8 Å². The summed E-state index contributed by atoms with van der Waals surface area (Å²) in [6.45, 7) is 1.85. The number of benzene rings is 3. The Balaban J connectivity index is 1.90. The summed E-state index contributed by atoms with van der Waals surface area (Å²) in [6, 6.07) is 22.2. The number of para-hydroxylation sites is 2. The van der Waals surface area contributed by atoms with Gasteiger partial charge < -0.3 is 4.90 Å². The molecule has 0 bridgehead atoms. The molecule has 0 N–H and O–H groups in total. The van der Waals surface area contributed by atoms with E-state index in [1.54, 1.807) is 24.1 Å². The van der Waals surface area contributed by atoms with Crippen molar-refractivity contribution in [2.45, 2.75) is 6.92 Å². The minimum absolute atomic E-state index is 0.254. The highest BCUT2D eigenvalue weighted by Gasteiger charge is 2.42. The minimum atomic E-state index is -0.423. The lowest BCUT2D eigenvalue weighted by atomic mass is 10.0. The molecule has 0 unspecified atom stereocenters. The molecule has 0 aliphatic carbocycles. The second kappa shape index (κ2) is 7.36. The molecule has 144 valence electrons. The van der Waals surface area contributed by atoms with Crippen LogP contribution < -0.4 is 9.80 Å². The van der Waals surface area contributed by atoms with Gasteiger partial charge in [-0.25, -0.2) is 9.29 Å². The normalized spacial score (nSPS) is 14.0. The number of hydrogen-bond acceptors (Lipinski definition) is 3. The fourth-order valence-electron chi connectivity index (χ4n) is 3.52. The van der Waals surface area contributed by atoms with Crippen LogP contribution in [0.3, 0.4) is 0 Å². The van der Waals surface area contributed by atoms with Crippen LogP contribution in [0.5, 0.6) is 0 Å². The van der Waals surface area contributed by atoms with Crippen molar-refractivity contribution in [3.05, 3.63) is 102 Å². The van der Waals surface area contributed by atoms with Gasteiger partial charge in [0.2, 0.25) is 0 Å². The zero-order chi connectivity index (χ0) is 20.5. The SMILES string of the molecule is Cc1ccccc1N1C(=O)C(c2ccc(F)cc2)=C(N(C)c2ccccc2)C1=O. The lowest BCUT2D eigenvalue weighted by Gasteiger charge is -2.22. The number of nitrogens with zero attached hydrogens (tertiary/aromatic N) is 2. The molecule has 0 atom stereocenters. The van der Waals surface area contributed by atoms with E-state index in [9.17, 15) is 14.0 Å². The molecular formula is C24H19FN2O2. The first-order valence-corrected chi connectivity index (χ1v) is 9.22. The number of anilines is 2. The summed E-state index contributed by atoms with van der Waals surface area (Å²) in [6.07, 6.45) is 0. The van der Waals surface area contributed by atoms with Crippen molar-refractivity contribution >= 4 is 28.8 Å². The van der Waals surface area contributed by atoms with Gasteiger partial charge in [0, 0.05) is 12.7 Å². The quantitative estimate of drug-likeness (QED) is 0.618. The molecule has 1 heterocycles. The van der Waals surface area contributed by atoms with Gasteiger partial charge in [0.05, 0.1) is 11.3 Å². The van der Waals surface area contributed by atoms with Gasteiger partial charge in [-0.15, -0.1) is 0 Å². The van der Waals surface area contributed by atoms with E-state index in [0.29, 0.717) is 11.3 Å². The first kappa shape index (κ1) is 18.6. The van der Waals surface area contributed by atoms with Crippen molar-refractivity contribution < 1.29 is 14.0 Å². The number of halogens is 1. The van der Waals surface area contributed by atoms with Gasteiger partial charge in [-0.05, 0) is 48.4 Å². The Kier molecular flexibility index (Phi) is 4.72.